The lowest BCUT2D eigenvalue weighted by Gasteiger charge is -2.13. The smallest absolute Gasteiger partial charge is 0.234 e. The number of carbonyl (C=O) groups excluding carboxylic acids is 1. The lowest BCUT2D eigenvalue weighted by Crippen LogP contribution is -2.21. The molecule has 0 saturated carbocycles. The lowest BCUT2D eigenvalue weighted by atomic mass is 10.3. The van der Waals surface area contributed by atoms with Gasteiger partial charge in [-0.2, -0.15) is 0 Å². The molecular weight excluding hydrogens is 277 g/mol. The average molecular weight is 292 g/mol. The molecule has 1 rings (SSSR count). The second-order valence-electron chi connectivity index (χ2n) is 3.93. The predicted octanol–water partition coefficient (Wildman–Crippen LogP) is 2.92. The molecule has 2 N–H and O–H groups in total. The Kier molecular flexibility index (Phi) is 5.91. The van der Waals surface area contributed by atoms with Gasteiger partial charge in [-0.05, 0) is 25.1 Å². The first kappa shape index (κ1) is 15.3. The molecule has 0 aliphatic rings. The number of benzene rings is 1. The normalized spacial score (nSPS) is 14.1. The quantitative estimate of drug-likeness (QED) is 0.877. The minimum absolute atomic E-state index is 0.0502. The van der Waals surface area contributed by atoms with Crippen LogP contribution in [0.15, 0.2) is 18.2 Å². The third-order valence-electron chi connectivity index (χ3n) is 2.36. The van der Waals surface area contributed by atoms with E-state index < -0.39 is 11.9 Å². The van der Waals surface area contributed by atoms with Crippen LogP contribution in [-0.4, -0.2) is 28.1 Å². The molecule has 3 nitrogen and oxygen atoms in total. The molecule has 0 heterocycles. The topological polar surface area (TPSA) is 49.3 Å². The molecule has 1 amide bonds. The van der Waals surface area contributed by atoms with Gasteiger partial charge in [0.15, 0.2) is 0 Å². The van der Waals surface area contributed by atoms with E-state index in [2.05, 4.69) is 5.32 Å². The predicted molar refractivity (Wildman–Crippen MR) is 73.6 cm³/mol. The monoisotopic (exact) mass is 291 g/mol. The first-order valence-electron chi connectivity index (χ1n) is 5.44. The molecule has 0 fully saturated rings. The van der Waals surface area contributed by atoms with Crippen molar-refractivity contribution in [2.75, 3.05) is 11.1 Å². The van der Waals surface area contributed by atoms with Gasteiger partial charge in [-0.1, -0.05) is 18.5 Å². The maximum Gasteiger partial charge on any atom is 0.234 e. The fourth-order valence-electron chi connectivity index (χ4n) is 1.12. The molecule has 0 aromatic heterocycles. The van der Waals surface area contributed by atoms with Crippen LogP contribution in [0.1, 0.15) is 13.8 Å². The molecule has 100 valence electrons. The first-order chi connectivity index (χ1) is 8.40. The van der Waals surface area contributed by atoms with Crippen molar-refractivity contribution in [2.45, 2.75) is 25.2 Å². The third-order valence-corrected chi connectivity index (χ3v) is 3.95. The zero-order chi connectivity index (χ0) is 13.7. The fourth-order valence-corrected chi connectivity index (χ4v) is 2.05. The van der Waals surface area contributed by atoms with Gasteiger partial charge in [0.2, 0.25) is 5.91 Å². The van der Waals surface area contributed by atoms with Crippen molar-refractivity contribution in [2.24, 2.45) is 0 Å². The summed E-state index contributed by atoms with van der Waals surface area (Å²) in [5.74, 6) is -0.716. The summed E-state index contributed by atoms with van der Waals surface area (Å²) >= 11 is 6.92. The second kappa shape index (κ2) is 6.97. The Morgan fingerprint density at radius 1 is 1.56 bits per heavy atom. The number of aliphatic hydroxyl groups excluding tert-OH is 1. The summed E-state index contributed by atoms with van der Waals surface area (Å²) in [5.41, 5.74) is 0.106. The van der Waals surface area contributed by atoms with E-state index in [1.54, 1.807) is 6.92 Å². The summed E-state index contributed by atoms with van der Waals surface area (Å²) in [6.07, 6.45) is -0.491. The van der Waals surface area contributed by atoms with Crippen LogP contribution in [0.3, 0.4) is 0 Å². The number of anilines is 1. The van der Waals surface area contributed by atoms with E-state index in [1.165, 1.54) is 23.9 Å². The summed E-state index contributed by atoms with van der Waals surface area (Å²) in [4.78, 5) is 11.6. The molecule has 0 saturated heterocycles. The summed E-state index contributed by atoms with van der Waals surface area (Å²) in [6, 6.07) is 4.06. The molecule has 0 aliphatic heterocycles. The number of thioether (sulfide) groups is 1. The van der Waals surface area contributed by atoms with Crippen LogP contribution in [0.5, 0.6) is 0 Å². The SMILES string of the molecule is CC(O)C(C)SCC(=O)Nc1ccc(Cl)cc1F. The molecule has 2 unspecified atom stereocenters. The summed E-state index contributed by atoms with van der Waals surface area (Å²) in [7, 11) is 0. The molecule has 18 heavy (non-hydrogen) atoms. The first-order valence-corrected chi connectivity index (χ1v) is 6.87. The number of aliphatic hydroxyl groups is 1. The molecule has 1 aromatic carbocycles. The highest BCUT2D eigenvalue weighted by atomic mass is 35.5. The van der Waals surface area contributed by atoms with Gasteiger partial charge in [0, 0.05) is 10.3 Å². The number of rotatable bonds is 5. The van der Waals surface area contributed by atoms with Gasteiger partial charge in [-0.25, -0.2) is 4.39 Å². The van der Waals surface area contributed by atoms with Crippen LogP contribution in [0.25, 0.3) is 0 Å². The van der Waals surface area contributed by atoms with Crippen LogP contribution >= 0.6 is 23.4 Å². The minimum atomic E-state index is -0.565. The zero-order valence-electron chi connectivity index (χ0n) is 10.1. The van der Waals surface area contributed by atoms with E-state index in [4.69, 9.17) is 11.6 Å². The van der Waals surface area contributed by atoms with Gasteiger partial charge in [0.05, 0.1) is 17.5 Å². The largest absolute Gasteiger partial charge is 0.392 e. The number of hydrogen-bond donors (Lipinski definition) is 2. The standard InChI is InChI=1S/C12H15ClFNO2S/c1-7(16)8(2)18-6-12(17)15-11-4-3-9(13)5-10(11)14/h3-5,7-8,16H,6H2,1-2H3,(H,15,17). The highest BCUT2D eigenvalue weighted by molar-refractivity contribution is 8.00. The van der Waals surface area contributed by atoms with Crippen LogP contribution in [0.4, 0.5) is 10.1 Å². The van der Waals surface area contributed by atoms with E-state index in [0.717, 1.165) is 6.07 Å². The molecule has 6 heteroatoms. The summed E-state index contributed by atoms with van der Waals surface area (Å²) in [6.45, 7) is 3.49. The lowest BCUT2D eigenvalue weighted by molar-refractivity contribution is -0.113. The van der Waals surface area contributed by atoms with Crippen molar-refractivity contribution in [3.63, 3.8) is 0 Å². The van der Waals surface area contributed by atoms with Gasteiger partial charge in [-0.3, -0.25) is 4.79 Å². The van der Waals surface area contributed by atoms with Gasteiger partial charge >= 0.3 is 0 Å². The van der Waals surface area contributed by atoms with Gasteiger partial charge in [-0.15, -0.1) is 11.8 Å². The van der Waals surface area contributed by atoms with E-state index in [9.17, 15) is 14.3 Å². The Morgan fingerprint density at radius 3 is 2.78 bits per heavy atom. The van der Waals surface area contributed by atoms with Crippen LogP contribution in [-0.2, 0) is 4.79 Å². The Bertz CT molecular complexity index is 429. The van der Waals surface area contributed by atoms with Crippen molar-refractivity contribution < 1.29 is 14.3 Å². The molecule has 0 aliphatic carbocycles. The van der Waals surface area contributed by atoms with Crippen LogP contribution in [0.2, 0.25) is 5.02 Å². The maximum atomic E-state index is 13.4. The van der Waals surface area contributed by atoms with Crippen molar-refractivity contribution in [3.8, 4) is 0 Å². The Balaban J connectivity index is 2.50. The highest BCUT2D eigenvalue weighted by Crippen LogP contribution is 2.20. The summed E-state index contributed by atoms with van der Waals surface area (Å²) in [5, 5.41) is 12.0. The van der Waals surface area contributed by atoms with E-state index in [1.807, 2.05) is 6.92 Å². The van der Waals surface area contributed by atoms with E-state index >= 15 is 0 Å². The minimum Gasteiger partial charge on any atom is -0.392 e. The van der Waals surface area contributed by atoms with Crippen molar-refractivity contribution in [3.05, 3.63) is 29.0 Å². The molecule has 0 bridgehead atoms. The third kappa shape index (κ3) is 4.84. The van der Waals surface area contributed by atoms with Gasteiger partial charge in [0.1, 0.15) is 5.82 Å². The van der Waals surface area contributed by atoms with Crippen molar-refractivity contribution in [1.82, 2.24) is 0 Å². The molecule has 0 spiro atoms. The molecular formula is C12H15ClFNO2S. The maximum absolute atomic E-state index is 13.4. The number of nitrogens with one attached hydrogen (secondary N) is 1. The Morgan fingerprint density at radius 2 is 2.22 bits per heavy atom. The van der Waals surface area contributed by atoms with E-state index in [-0.39, 0.29) is 27.6 Å². The highest BCUT2D eigenvalue weighted by Gasteiger charge is 2.13. The van der Waals surface area contributed by atoms with Crippen LogP contribution < -0.4 is 5.32 Å². The number of halogens is 2. The second-order valence-corrected chi connectivity index (χ2v) is 5.73. The number of amides is 1. The Hall–Kier alpha value is -0.780. The van der Waals surface area contributed by atoms with Gasteiger partial charge < -0.3 is 10.4 Å². The van der Waals surface area contributed by atoms with E-state index in [0.29, 0.717) is 0 Å². The fraction of sp³-hybridized carbons (Fsp3) is 0.417. The number of hydrogen-bond acceptors (Lipinski definition) is 3. The summed E-state index contributed by atoms with van der Waals surface area (Å²) < 4.78 is 13.4. The molecule has 1 aromatic rings. The van der Waals surface area contributed by atoms with Crippen molar-refractivity contribution >= 4 is 35.0 Å². The van der Waals surface area contributed by atoms with Crippen molar-refractivity contribution in [1.29, 1.82) is 0 Å². The molecule has 2 atom stereocenters. The van der Waals surface area contributed by atoms with Crippen LogP contribution in [0, 0.1) is 5.82 Å². The Labute approximate surface area is 115 Å². The average Bonchev–Trinajstić information content (AvgIpc) is 2.29. The van der Waals surface area contributed by atoms with Gasteiger partial charge in [0.25, 0.3) is 0 Å². The molecule has 0 radical (unpaired) electrons. The zero-order valence-corrected chi connectivity index (χ0v) is 11.7. The number of carbonyl (C=O) groups is 1.